The first-order valence-corrected chi connectivity index (χ1v) is 7.79. The van der Waals surface area contributed by atoms with Crippen LogP contribution in [0.2, 0.25) is 10.0 Å². The van der Waals surface area contributed by atoms with Crippen molar-refractivity contribution in [3.8, 4) is 0 Å². The van der Waals surface area contributed by atoms with E-state index in [4.69, 9.17) is 28.9 Å². The van der Waals surface area contributed by atoms with Gasteiger partial charge in [-0.25, -0.2) is 0 Å². The first-order valence-electron chi connectivity index (χ1n) is 7.04. The summed E-state index contributed by atoms with van der Waals surface area (Å²) in [6.07, 6.45) is -2.16. The summed E-state index contributed by atoms with van der Waals surface area (Å²) in [4.78, 5) is 0. The van der Waals surface area contributed by atoms with Crippen LogP contribution in [0.1, 0.15) is 31.2 Å². The first kappa shape index (κ1) is 16.9. The number of hydrogen-bond acceptors (Lipinski definition) is 1. The topological polar surface area (TPSA) is 26.0 Å². The van der Waals surface area contributed by atoms with E-state index < -0.39 is 12.1 Å². The molecule has 0 aromatic heterocycles. The maximum absolute atomic E-state index is 12.7. The second-order valence-electron chi connectivity index (χ2n) is 5.73. The Morgan fingerprint density at radius 2 is 1.76 bits per heavy atom. The molecule has 0 spiro atoms. The van der Waals surface area contributed by atoms with Gasteiger partial charge in [0.25, 0.3) is 0 Å². The molecule has 118 valence electrons. The summed E-state index contributed by atoms with van der Waals surface area (Å²) in [6.45, 7) is 0. The van der Waals surface area contributed by atoms with Gasteiger partial charge in [-0.05, 0) is 49.7 Å². The van der Waals surface area contributed by atoms with Crippen molar-refractivity contribution in [3.63, 3.8) is 0 Å². The minimum Gasteiger partial charge on any atom is -0.327 e. The third kappa shape index (κ3) is 4.27. The van der Waals surface area contributed by atoms with E-state index >= 15 is 0 Å². The highest BCUT2D eigenvalue weighted by Gasteiger charge is 2.42. The molecule has 1 aliphatic carbocycles. The molecule has 21 heavy (non-hydrogen) atoms. The van der Waals surface area contributed by atoms with Crippen LogP contribution in [-0.4, -0.2) is 12.2 Å². The lowest BCUT2D eigenvalue weighted by Gasteiger charge is -2.33. The minimum atomic E-state index is -4.08. The highest BCUT2D eigenvalue weighted by molar-refractivity contribution is 6.42. The number of hydrogen-bond donors (Lipinski definition) is 1. The summed E-state index contributed by atoms with van der Waals surface area (Å²) in [5.74, 6) is -1.06. The van der Waals surface area contributed by atoms with Gasteiger partial charge in [0.15, 0.2) is 0 Å². The van der Waals surface area contributed by atoms with Gasteiger partial charge in [-0.1, -0.05) is 35.3 Å². The number of rotatable bonds is 3. The van der Waals surface area contributed by atoms with Gasteiger partial charge in [0.2, 0.25) is 0 Å². The normalized spacial score (nSPS) is 24.9. The van der Waals surface area contributed by atoms with Crippen molar-refractivity contribution < 1.29 is 13.2 Å². The third-order valence-electron chi connectivity index (χ3n) is 4.33. The first-order chi connectivity index (χ1) is 9.79. The van der Waals surface area contributed by atoms with Crippen molar-refractivity contribution in [2.75, 3.05) is 0 Å². The van der Waals surface area contributed by atoms with E-state index in [9.17, 15) is 13.2 Å². The highest BCUT2D eigenvalue weighted by Crippen LogP contribution is 2.40. The Morgan fingerprint density at radius 3 is 2.33 bits per heavy atom. The fraction of sp³-hybridized carbons (Fsp3) is 0.600. The van der Waals surface area contributed by atoms with Crippen molar-refractivity contribution >= 4 is 23.2 Å². The van der Waals surface area contributed by atoms with Gasteiger partial charge in [0.1, 0.15) is 0 Å². The molecular weight excluding hydrogens is 322 g/mol. The lowest BCUT2D eigenvalue weighted by Crippen LogP contribution is -2.37. The lowest BCUT2D eigenvalue weighted by molar-refractivity contribution is -0.184. The smallest absolute Gasteiger partial charge is 0.327 e. The van der Waals surface area contributed by atoms with Crippen molar-refractivity contribution in [1.29, 1.82) is 0 Å². The van der Waals surface area contributed by atoms with E-state index in [1.807, 2.05) is 6.07 Å². The van der Waals surface area contributed by atoms with Crippen molar-refractivity contribution in [1.82, 2.24) is 0 Å². The zero-order valence-electron chi connectivity index (χ0n) is 11.5. The average molecular weight is 340 g/mol. The van der Waals surface area contributed by atoms with Crippen LogP contribution in [0.3, 0.4) is 0 Å². The molecule has 1 atom stereocenters. The fourth-order valence-corrected chi connectivity index (χ4v) is 3.40. The van der Waals surface area contributed by atoms with Gasteiger partial charge in [-0.3, -0.25) is 0 Å². The molecule has 1 aromatic rings. The Morgan fingerprint density at radius 1 is 1.14 bits per heavy atom. The molecule has 0 bridgehead atoms. The number of benzene rings is 1. The quantitative estimate of drug-likeness (QED) is 0.801. The van der Waals surface area contributed by atoms with Crippen molar-refractivity contribution in [2.45, 2.75) is 44.3 Å². The van der Waals surface area contributed by atoms with Gasteiger partial charge < -0.3 is 5.73 Å². The van der Waals surface area contributed by atoms with Gasteiger partial charge >= 0.3 is 6.18 Å². The summed E-state index contributed by atoms with van der Waals surface area (Å²) in [7, 11) is 0. The molecule has 0 heterocycles. The third-order valence-corrected chi connectivity index (χ3v) is 5.19. The Hall–Kier alpha value is -0.450. The van der Waals surface area contributed by atoms with E-state index in [1.54, 1.807) is 12.1 Å². The molecule has 1 nitrogen and oxygen atoms in total. The molecule has 1 aliphatic rings. The van der Waals surface area contributed by atoms with Crippen LogP contribution in [0, 0.1) is 11.8 Å². The van der Waals surface area contributed by atoms with Crippen LogP contribution in [0.15, 0.2) is 18.2 Å². The molecule has 1 fully saturated rings. The highest BCUT2D eigenvalue weighted by atomic mass is 35.5. The summed E-state index contributed by atoms with van der Waals surface area (Å²) < 4.78 is 38.0. The molecule has 2 rings (SSSR count). The van der Waals surface area contributed by atoms with E-state index in [-0.39, 0.29) is 24.8 Å². The Balaban J connectivity index is 1.93. The van der Waals surface area contributed by atoms with Crippen LogP contribution in [-0.2, 0) is 6.42 Å². The summed E-state index contributed by atoms with van der Waals surface area (Å²) in [6, 6.07) is 5.18. The van der Waals surface area contributed by atoms with E-state index in [0.29, 0.717) is 29.3 Å². The van der Waals surface area contributed by atoms with Gasteiger partial charge in [0.05, 0.1) is 16.0 Å². The zero-order valence-corrected chi connectivity index (χ0v) is 13.0. The Labute approximate surface area is 132 Å². The van der Waals surface area contributed by atoms with Crippen molar-refractivity contribution in [3.05, 3.63) is 33.8 Å². The van der Waals surface area contributed by atoms with Crippen LogP contribution in [0.25, 0.3) is 0 Å². The van der Waals surface area contributed by atoms with Crippen LogP contribution in [0.4, 0.5) is 13.2 Å². The molecule has 6 heteroatoms. The second kappa shape index (κ2) is 6.76. The summed E-state index contributed by atoms with van der Waals surface area (Å²) >= 11 is 12.1. The molecule has 2 N–H and O–H groups in total. The predicted octanol–water partition coefficient (Wildman–Crippen LogP) is 5.23. The molecule has 1 saturated carbocycles. The predicted molar refractivity (Wildman–Crippen MR) is 79.6 cm³/mol. The standard InChI is InChI=1S/C15H18Cl2F3N/c16-12-3-1-2-10(14(12)17)8-13(21)9-4-6-11(7-5-9)15(18,19)20/h1-3,9,11,13H,4-8,21H2. The average Bonchev–Trinajstić information content (AvgIpc) is 2.43. The number of alkyl halides is 3. The summed E-state index contributed by atoms with van der Waals surface area (Å²) in [5.41, 5.74) is 7.03. The number of nitrogens with two attached hydrogens (primary N) is 1. The second-order valence-corrected chi connectivity index (χ2v) is 6.52. The van der Waals surface area contributed by atoms with E-state index in [2.05, 4.69) is 0 Å². The largest absolute Gasteiger partial charge is 0.391 e. The molecule has 0 aliphatic heterocycles. The Kier molecular flexibility index (Phi) is 5.44. The van der Waals surface area contributed by atoms with Gasteiger partial charge in [-0.2, -0.15) is 13.2 Å². The lowest BCUT2D eigenvalue weighted by atomic mass is 9.77. The molecule has 0 amide bonds. The number of halogens is 5. The Bertz CT molecular complexity index is 482. The molecule has 0 saturated heterocycles. The molecule has 1 aromatic carbocycles. The van der Waals surface area contributed by atoms with Crippen molar-refractivity contribution in [2.24, 2.45) is 17.6 Å². The summed E-state index contributed by atoms with van der Waals surface area (Å²) in [5, 5.41) is 0.959. The minimum absolute atomic E-state index is 0.110. The van der Waals surface area contributed by atoms with Crippen LogP contribution in [0.5, 0.6) is 0 Å². The van der Waals surface area contributed by atoms with Crippen LogP contribution >= 0.6 is 23.2 Å². The maximum atomic E-state index is 12.7. The zero-order chi connectivity index (χ0) is 15.6. The van der Waals surface area contributed by atoms with Crippen LogP contribution < -0.4 is 5.73 Å². The van der Waals surface area contributed by atoms with E-state index in [1.165, 1.54) is 0 Å². The SMILES string of the molecule is NC(Cc1cccc(Cl)c1Cl)C1CCC(C(F)(F)F)CC1. The molecule has 1 unspecified atom stereocenters. The maximum Gasteiger partial charge on any atom is 0.391 e. The van der Waals surface area contributed by atoms with Gasteiger partial charge in [-0.15, -0.1) is 0 Å². The molecular formula is C15H18Cl2F3N. The fourth-order valence-electron chi connectivity index (χ4n) is 3.00. The monoisotopic (exact) mass is 339 g/mol. The molecule has 0 radical (unpaired) electrons. The van der Waals surface area contributed by atoms with Gasteiger partial charge in [0, 0.05) is 6.04 Å². The van der Waals surface area contributed by atoms with E-state index in [0.717, 1.165) is 5.56 Å².